The number of hydrogen-bond donors (Lipinski definition) is 2. The molecule has 96 valence electrons. The maximum atomic E-state index is 12.9. The van der Waals surface area contributed by atoms with E-state index < -0.39 is 11.8 Å². The number of carbonyl (C=O) groups is 2. The first-order valence-corrected chi connectivity index (χ1v) is 5.77. The van der Waals surface area contributed by atoms with Crippen molar-refractivity contribution in [3.05, 3.63) is 53.4 Å². The van der Waals surface area contributed by atoms with E-state index >= 15 is 0 Å². The second kappa shape index (κ2) is 5.53. The topological polar surface area (TPSA) is 58.2 Å². The number of thiocarbonyl (C=S) groups is 1. The Hall–Kier alpha value is -2.34. The zero-order chi connectivity index (χ0) is 13.8. The van der Waals surface area contributed by atoms with Gasteiger partial charge in [-0.25, -0.2) is 4.39 Å². The largest absolute Gasteiger partial charge is 0.299 e. The molecular weight excluding hydrogens is 267 g/mol. The zero-order valence-electron chi connectivity index (χ0n) is 9.64. The monoisotopic (exact) mass is 276 g/mol. The van der Waals surface area contributed by atoms with Crippen molar-refractivity contribution in [3.63, 3.8) is 0 Å². The van der Waals surface area contributed by atoms with Crippen LogP contribution >= 0.6 is 12.2 Å². The average molecular weight is 276 g/mol. The fraction of sp³-hybridized carbons (Fsp3) is 0. The number of rotatable bonds is 2. The minimum Gasteiger partial charge on any atom is -0.299 e. The summed E-state index contributed by atoms with van der Waals surface area (Å²) in [5, 5.41) is 4.62. The number of halogens is 1. The maximum absolute atomic E-state index is 12.9. The molecule has 1 fully saturated rings. The summed E-state index contributed by atoms with van der Waals surface area (Å²) in [6.45, 7) is 0. The van der Waals surface area contributed by atoms with Gasteiger partial charge in [0.05, 0.1) is 0 Å². The lowest BCUT2D eigenvalue weighted by molar-refractivity contribution is -0.123. The Bertz CT molecular complexity index is 601. The van der Waals surface area contributed by atoms with E-state index in [-0.39, 0.29) is 16.5 Å². The fourth-order valence-electron chi connectivity index (χ4n) is 1.49. The second-order valence-corrected chi connectivity index (χ2v) is 4.14. The molecule has 0 aliphatic carbocycles. The van der Waals surface area contributed by atoms with Gasteiger partial charge < -0.3 is 0 Å². The Balaban J connectivity index is 2.16. The lowest BCUT2D eigenvalue weighted by Gasteiger charge is -2.15. The van der Waals surface area contributed by atoms with E-state index in [9.17, 15) is 14.0 Å². The van der Waals surface area contributed by atoms with Gasteiger partial charge in [-0.15, -0.1) is 0 Å². The fourth-order valence-corrected chi connectivity index (χ4v) is 1.68. The van der Waals surface area contributed by atoms with Crippen molar-refractivity contribution >= 4 is 35.2 Å². The van der Waals surface area contributed by atoms with Crippen LogP contribution < -0.4 is 10.6 Å². The molecule has 0 spiro atoms. The van der Waals surface area contributed by atoms with Crippen LogP contribution in [0, 0.1) is 5.82 Å². The van der Waals surface area contributed by atoms with Crippen LogP contribution in [0.15, 0.2) is 42.0 Å². The van der Waals surface area contributed by atoms with E-state index in [0.29, 0.717) is 5.56 Å². The molecule has 4 nitrogen and oxygen atoms in total. The number of carbonyl (C=O) groups excluding carboxylic acids is 2. The first-order chi connectivity index (χ1) is 9.06. The van der Waals surface area contributed by atoms with Crippen LogP contribution in [0.3, 0.4) is 0 Å². The number of allylic oxidation sites excluding steroid dienone is 2. The van der Waals surface area contributed by atoms with Crippen molar-refractivity contribution in [3.8, 4) is 0 Å². The van der Waals surface area contributed by atoms with E-state index in [1.54, 1.807) is 18.2 Å². The van der Waals surface area contributed by atoms with Gasteiger partial charge in [0.25, 0.3) is 11.8 Å². The summed E-state index contributed by atoms with van der Waals surface area (Å²) in [4.78, 5) is 23.0. The molecule has 1 saturated heterocycles. The predicted molar refractivity (Wildman–Crippen MR) is 72.4 cm³/mol. The standard InChI is InChI=1S/C13H9FN2O2S/c14-9-5-1-3-8(7-9)4-2-6-10-11(17)15-13(19)16-12(10)18/h1-7H,(H2,15,16,17,18,19)/b4-2+. The summed E-state index contributed by atoms with van der Waals surface area (Å²) in [6, 6.07) is 5.94. The third kappa shape index (κ3) is 3.32. The van der Waals surface area contributed by atoms with Gasteiger partial charge in [-0.3, -0.25) is 20.2 Å². The summed E-state index contributed by atoms with van der Waals surface area (Å²) in [5.41, 5.74) is 0.574. The molecule has 19 heavy (non-hydrogen) atoms. The summed E-state index contributed by atoms with van der Waals surface area (Å²) in [5.74, 6) is -1.47. The lowest BCUT2D eigenvalue weighted by Crippen LogP contribution is -2.51. The molecule has 2 amide bonds. The van der Waals surface area contributed by atoms with Gasteiger partial charge >= 0.3 is 0 Å². The number of hydrogen-bond acceptors (Lipinski definition) is 3. The van der Waals surface area contributed by atoms with Crippen molar-refractivity contribution in [2.24, 2.45) is 0 Å². The van der Waals surface area contributed by atoms with Crippen molar-refractivity contribution in [2.45, 2.75) is 0 Å². The van der Waals surface area contributed by atoms with Crippen molar-refractivity contribution in [2.75, 3.05) is 0 Å². The van der Waals surface area contributed by atoms with Crippen LogP contribution in [0.1, 0.15) is 5.56 Å². The highest BCUT2D eigenvalue weighted by atomic mass is 32.1. The zero-order valence-corrected chi connectivity index (χ0v) is 10.5. The Labute approximate surface area is 114 Å². The van der Waals surface area contributed by atoms with Gasteiger partial charge in [-0.1, -0.05) is 24.3 Å². The molecular formula is C13H9FN2O2S. The molecule has 0 bridgehead atoms. The van der Waals surface area contributed by atoms with Crippen LogP contribution in [0.2, 0.25) is 0 Å². The molecule has 1 heterocycles. The lowest BCUT2D eigenvalue weighted by atomic mass is 10.1. The highest BCUT2D eigenvalue weighted by Crippen LogP contribution is 2.07. The summed E-state index contributed by atoms with van der Waals surface area (Å²) >= 11 is 4.67. The number of amides is 2. The van der Waals surface area contributed by atoms with Gasteiger partial charge in [0, 0.05) is 0 Å². The first kappa shape index (κ1) is 13.1. The minimum absolute atomic E-state index is 0.0127. The Kier molecular flexibility index (Phi) is 3.82. The third-order valence-electron chi connectivity index (χ3n) is 2.34. The Morgan fingerprint density at radius 3 is 2.47 bits per heavy atom. The maximum Gasteiger partial charge on any atom is 0.263 e. The van der Waals surface area contributed by atoms with Gasteiger partial charge in [-0.05, 0) is 36.0 Å². The first-order valence-electron chi connectivity index (χ1n) is 5.37. The van der Waals surface area contributed by atoms with E-state index in [1.165, 1.54) is 24.3 Å². The van der Waals surface area contributed by atoms with Crippen molar-refractivity contribution in [1.29, 1.82) is 0 Å². The summed E-state index contributed by atoms with van der Waals surface area (Å²) < 4.78 is 12.9. The molecule has 0 atom stereocenters. The van der Waals surface area contributed by atoms with Crippen LogP contribution in [0.25, 0.3) is 6.08 Å². The molecule has 1 aromatic rings. The van der Waals surface area contributed by atoms with Crippen molar-refractivity contribution in [1.82, 2.24) is 10.6 Å². The number of benzene rings is 1. The molecule has 6 heteroatoms. The SMILES string of the molecule is O=C1NC(=S)NC(=O)C1=C/C=C/c1cccc(F)c1. The smallest absolute Gasteiger partial charge is 0.263 e. The van der Waals surface area contributed by atoms with Crippen LogP contribution in [0.4, 0.5) is 4.39 Å². The summed E-state index contributed by atoms with van der Waals surface area (Å²) in [6.07, 6.45) is 4.43. The van der Waals surface area contributed by atoms with E-state index in [4.69, 9.17) is 0 Å². The van der Waals surface area contributed by atoms with Gasteiger partial charge in [0.1, 0.15) is 11.4 Å². The van der Waals surface area contributed by atoms with Crippen LogP contribution in [-0.4, -0.2) is 16.9 Å². The molecule has 0 aromatic heterocycles. The molecule has 1 aliphatic heterocycles. The number of nitrogens with one attached hydrogen (secondary N) is 2. The van der Waals surface area contributed by atoms with Gasteiger partial charge in [-0.2, -0.15) is 0 Å². The molecule has 0 radical (unpaired) electrons. The molecule has 2 N–H and O–H groups in total. The second-order valence-electron chi connectivity index (χ2n) is 3.73. The van der Waals surface area contributed by atoms with Gasteiger partial charge in [0.2, 0.25) is 0 Å². The normalized spacial score (nSPS) is 15.4. The average Bonchev–Trinajstić information content (AvgIpc) is 2.32. The van der Waals surface area contributed by atoms with E-state index in [2.05, 4.69) is 22.9 Å². The van der Waals surface area contributed by atoms with Gasteiger partial charge in [0.15, 0.2) is 5.11 Å². The minimum atomic E-state index is -0.558. The highest BCUT2D eigenvalue weighted by Gasteiger charge is 2.24. The Morgan fingerprint density at radius 2 is 1.84 bits per heavy atom. The quantitative estimate of drug-likeness (QED) is 0.486. The van der Waals surface area contributed by atoms with Crippen molar-refractivity contribution < 1.29 is 14.0 Å². The predicted octanol–water partition coefficient (Wildman–Crippen LogP) is 1.30. The molecule has 0 saturated carbocycles. The molecule has 2 rings (SSSR count). The van der Waals surface area contributed by atoms with Crippen LogP contribution in [-0.2, 0) is 9.59 Å². The molecule has 1 aliphatic rings. The Morgan fingerprint density at radius 1 is 1.16 bits per heavy atom. The van der Waals surface area contributed by atoms with E-state index in [0.717, 1.165) is 0 Å². The van der Waals surface area contributed by atoms with E-state index in [1.807, 2.05) is 0 Å². The summed E-state index contributed by atoms with van der Waals surface area (Å²) in [7, 11) is 0. The highest BCUT2D eigenvalue weighted by molar-refractivity contribution is 7.80. The third-order valence-corrected chi connectivity index (χ3v) is 2.55. The molecule has 1 aromatic carbocycles. The van der Waals surface area contributed by atoms with Crippen LogP contribution in [0.5, 0.6) is 0 Å². The molecule has 0 unspecified atom stereocenters.